The molecule has 2 N–H and O–H groups in total. The minimum atomic E-state index is -0.495. The molecule has 0 saturated carbocycles. The summed E-state index contributed by atoms with van der Waals surface area (Å²) in [5.41, 5.74) is 5.46. The number of carbonyl (C=O) groups is 2. The Hall–Kier alpha value is -1.30. The maximum Gasteiger partial charge on any atom is 0.410 e. The number of ether oxygens (including phenoxy) is 1. The highest BCUT2D eigenvalue weighted by molar-refractivity contribution is 5.82. The van der Waals surface area contributed by atoms with Crippen LogP contribution in [0.3, 0.4) is 0 Å². The third-order valence-electron chi connectivity index (χ3n) is 4.25. The molecule has 1 unspecified atom stereocenters. The molecule has 2 aliphatic rings. The topological polar surface area (TPSA) is 75.9 Å². The van der Waals surface area contributed by atoms with Crippen LogP contribution in [-0.4, -0.2) is 59.1 Å². The van der Waals surface area contributed by atoms with Gasteiger partial charge in [-0.3, -0.25) is 4.79 Å². The summed E-state index contributed by atoms with van der Waals surface area (Å²) in [4.78, 5) is 28.3. The summed E-state index contributed by atoms with van der Waals surface area (Å²) in [6, 6.07) is -0.322. The van der Waals surface area contributed by atoms with Crippen LogP contribution in [0.2, 0.25) is 0 Å². The molecule has 6 heteroatoms. The first-order valence-corrected chi connectivity index (χ1v) is 8.32. The first kappa shape index (κ1) is 17.1. The fourth-order valence-electron chi connectivity index (χ4n) is 3.16. The van der Waals surface area contributed by atoms with E-state index >= 15 is 0 Å². The van der Waals surface area contributed by atoms with Crippen molar-refractivity contribution in [2.75, 3.05) is 19.6 Å². The van der Waals surface area contributed by atoms with Crippen LogP contribution in [0.1, 0.15) is 52.9 Å². The van der Waals surface area contributed by atoms with Gasteiger partial charge in [-0.1, -0.05) is 0 Å². The van der Waals surface area contributed by atoms with Crippen molar-refractivity contribution in [2.45, 2.75) is 70.6 Å². The molecule has 0 bridgehead atoms. The Balaban J connectivity index is 2.00. The molecule has 0 aromatic rings. The summed E-state index contributed by atoms with van der Waals surface area (Å²) in [6.07, 6.45) is 4.27. The summed E-state index contributed by atoms with van der Waals surface area (Å²) in [5, 5.41) is 0. The number of carbonyl (C=O) groups excluding carboxylic acids is 2. The van der Waals surface area contributed by atoms with E-state index in [-0.39, 0.29) is 24.1 Å². The molecule has 2 saturated heterocycles. The van der Waals surface area contributed by atoms with Gasteiger partial charge in [0.1, 0.15) is 5.60 Å². The van der Waals surface area contributed by atoms with Crippen LogP contribution in [0, 0.1) is 0 Å². The standard InChI is InChI=1S/C16H29N3O3/c1-16(2,3)22-15(21)18-9-6-7-12(11-18)19-10-5-4-8-13(17)14(19)20/h12-13H,4-11,17H2,1-3H3/t12?,13-/m1/s1. The maximum absolute atomic E-state index is 12.4. The van der Waals surface area contributed by atoms with E-state index < -0.39 is 5.60 Å². The molecule has 2 amide bonds. The normalized spacial score (nSPS) is 27.5. The van der Waals surface area contributed by atoms with Crippen molar-refractivity contribution in [3.05, 3.63) is 0 Å². The van der Waals surface area contributed by atoms with Crippen molar-refractivity contribution in [1.82, 2.24) is 9.80 Å². The Morgan fingerprint density at radius 1 is 1.18 bits per heavy atom. The third-order valence-corrected chi connectivity index (χ3v) is 4.25. The molecule has 0 aromatic carbocycles. The average molecular weight is 311 g/mol. The lowest BCUT2D eigenvalue weighted by Crippen LogP contribution is -2.55. The summed E-state index contributed by atoms with van der Waals surface area (Å²) in [6.45, 7) is 7.59. The van der Waals surface area contributed by atoms with E-state index in [1.54, 1.807) is 4.90 Å². The molecule has 0 spiro atoms. The van der Waals surface area contributed by atoms with E-state index in [2.05, 4.69) is 0 Å². The van der Waals surface area contributed by atoms with Gasteiger partial charge in [-0.2, -0.15) is 0 Å². The first-order valence-electron chi connectivity index (χ1n) is 8.32. The summed E-state index contributed by atoms with van der Waals surface area (Å²) < 4.78 is 5.44. The number of amides is 2. The van der Waals surface area contributed by atoms with E-state index in [1.807, 2.05) is 25.7 Å². The molecule has 126 valence electrons. The van der Waals surface area contributed by atoms with Crippen molar-refractivity contribution >= 4 is 12.0 Å². The molecule has 2 aliphatic heterocycles. The molecule has 2 heterocycles. The van der Waals surface area contributed by atoms with Gasteiger partial charge in [-0.15, -0.1) is 0 Å². The van der Waals surface area contributed by atoms with Gasteiger partial charge in [-0.25, -0.2) is 4.79 Å². The highest BCUT2D eigenvalue weighted by atomic mass is 16.6. The van der Waals surface area contributed by atoms with Crippen molar-refractivity contribution in [1.29, 1.82) is 0 Å². The number of rotatable bonds is 1. The van der Waals surface area contributed by atoms with E-state index in [4.69, 9.17) is 10.5 Å². The first-order chi connectivity index (χ1) is 10.3. The van der Waals surface area contributed by atoms with Gasteiger partial charge in [0.25, 0.3) is 0 Å². The van der Waals surface area contributed by atoms with Crippen molar-refractivity contribution < 1.29 is 14.3 Å². The lowest BCUT2D eigenvalue weighted by Gasteiger charge is -2.39. The van der Waals surface area contributed by atoms with E-state index in [0.29, 0.717) is 13.1 Å². The van der Waals surface area contributed by atoms with Gasteiger partial charge in [-0.05, 0) is 52.9 Å². The maximum atomic E-state index is 12.4. The van der Waals surface area contributed by atoms with E-state index in [0.717, 1.165) is 38.6 Å². The van der Waals surface area contributed by atoms with Gasteiger partial charge in [0.05, 0.1) is 6.04 Å². The number of hydrogen-bond donors (Lipinski definition) is 1. The van der Waals surface area contributed by atoms with Gasteiger partial charge < -0.3 is 20.3 Å². The van der Waals surface area contributed by atoms with Gasteiger partial charge >= 0.3 is 6.09 Å². The second-order valence-electron chi connectivity index (χ2n) is 7.36. The predicted octanol–water partition coefficient (Wildman–Crippen LogP) is 1.73. The molecule has 0 radical (unpaired) electrons. The van der Waals surface area contributed by atoms with Crippen LogP contribution >= 0.6 is 0 Å². The highest BCUT2D eigenvalue weighted by Gasteiger charge is 2.34. The van der Waals surface area contributed by atoms with E-state index in [9.17, 15) is 9.59 Å². The predicted molar refractivity (Wildman–Crippen MR) is 84.4 cm³/mol. The van der Waals surface area contributed by atoms with Crippen LogP contribution in [0.4, 0.5) is 4.79 Å². The molecule has 0 aliphatic carbocycles. The molecule has 0 aromatic heterocycles. The van der Waals surface area contributed by atoms with Crippen LogP contribution in [0.15, 0.2) is 0 Å². The zero-order valence-electron chi connectivity index (χ0n) is 14.0. The molecule has 2 fully saturated rings. The van der Waals surface area contributed by atoms with Crippen LogP contribution in [0.5, 0.6) is 0 Å². The van der Waals surface area contributed by atoms with E-state index in [1.165, 1.54) is 0 Å². The monoisotopic (exact) mass is 311 g/mol. The van der Waals surface area contributed by atoms with Gasteiger partial charge in [0.2, 0.25) is 5.91 Å². The van der Waals surface area contributed by atoms with Crippen molar-refractivity contribution in [2.24, 2.45) is 5.73 Å². The Bertz CT molecular complexity index is 419. The number of nitrogens with zero attached hydrogens (tertiary/aromatic N) is 2. The van der Waals surface area contributed by atoms with Crippen LogP contribution in [-0.2, 0) is 9.53 Å². The summed E-state index contributed by atoms with van der Waals surface area (Å²) in [5.74, 6) is 0.0357. The smallest absolute Gasteiger partial charge is 0.410 e. The third kappa shape index (κ3) is 4.35. The average Bonchev–Trinajstić information content (AvgIpc) is 2.60. The zero-order chi connectivity index (χ0) is 16.3. The molecular formula is C16H29N3O3. The molecular weight excluding hydrogens is 282 g/mol. The molecule has 2 atom stereocenters. The lowest BCUT2D eigenvalue weighted by molar-refractivity contribution is -0.135. The molecule has 22 heavy (non-hydrogen) atoms. The minimum absolute atomic E-state index is 0.0357. The van der Waals surface area contributed by atoms with Crippen LogP contribution < -0.4 is 5.73 Å². The highest BCUT2D eigenvalue weighted by Crippen LogP contribution is 2.22. The van der Waals surface area contributed by atoms with Crippen LogP contribution in [0.25, 0.3) is 0 Å². The Morgan fingerprint density at radius 2 is 1.91 bits per heavy atom. The zero-order valence-corrected chi connectivity index (χ0v) is 14.0. The fraction of sp³-hybridized carbons (Fsp3) is 0.875. The van der Waals surface area contributed by atoms with Crippen molar-refractivity contribution in [3.8, 4) is 0 Å². The SMILES string of the molecule is CC(C)(C)OC(=O)N1CCCC(N2CCCC[C@@H](N)C2=O)C1. The number of piperidine rings is 1. The number of nitrogens with two attached hydrogens (primary N) is 1. The molecule has 2 rings (SSSR count). The fourth-order valence-corrected chi connectivity index (χ4v) is 3.16. The second-order valence-corrected chi connectivity index (χ2v) is 7.36. The van der Waals surface area contributed by atoms with Gasteiger partial charge in [0.15, 0.2) is 0 Å². The summed E-state index contributed by atoms with van der Waals surface area (Å²) in [7, 11) is 0. The van der Waals surface area contributed by atoms with Crippen molar-refractivity contribution in [3.63, 3.8) is 0 Å². The Morgan fingerprint density at radius 3 is 2.59 bits per heavy atom. The quantitative estimate of drug-likeness (QED) is 0.800. The Labute approximate surface area is 132 Å². The summed E-state index contributed by atoms with van der Waals surface area (Å²) >= 11 is 0. The minimum Gasteiger partial charge on any atom is -0.444 e. The largest absolute Gasteiger partial charge is 0.444 e. The lowest BCUT2D eigenvalue weighted by atomic mass is 10.0. The van der Waals surface area contributed by atoms with Gasteiger partial charge in [0, 0.05) is 25.7 Å². The Kier molecular flexibility index (Phi) is 5.32. The number of hydrogen-bond acceptors (Lipinski definition) is 4. The number of likely N-dealkylation sites (tertiary alicyclic amines) is 2. The second kappa shape index (κ2) is 6.86. The molecule has 6 nitrogen and oxygen atoms in total.